The van der Waals surface area contributed by atoms with Gasteiger partial charge in [-0.1, -0.05) is 36.6 Å². The Morgan fingerprint density at radius 3 is 2.86 bits per heavy atom. The first-order chi connectivity index (χ1) is 10.2. The van der Waals surface area contributed by atoms with E-state index in [1.165, 1.54) is 31.4 Å². The number of nitrogens with zero attached hydrogens (tertiary/aromatic N) is 3. The molecular formula is C14H16N4O3. The number of rotatable bonds is 4. The average Bonchev–Trinajstić information content (AvgIpc) is 2.97. The van der Waals surface area contributed by atoms with Crippen LogP contribution in [0.5, 0.6) is 0 Å². The molecule has 21 heavy (non-hydrogen) atoms. The zero-order chi connectivity index (χ0) is 14.7. The summed E-state index contributed by atoms with van der Waals surface area (Å²) in [5.41, 5.74) is 0.587. The van der Waals surface area contributed by atoms with Crippen molar-refractivity contribution in [1.29, 1.82) is 0 Å². The van der Waals surface area contributed by atoms with Gasteiger partial charge in [0.15, 0.2) is 0 Å². The largest absolute Gasteiger partial charge is 0.335 e. The van der Waals surface area contributed by atoms with E-state index in [0.29, 0.717) is 23.4 Å². The highest BCUT2D eigenvalue weighted by Crippen LogP contribution is 2.24. The van der Waals surface area contributed by atoms with Gasteiger partial charge in [0.1, 0.15) is 0 Å². The van der Waals surface area contributed by atoms with Gasteiger partial charge in [-0.25, -0.2) is 0 Å². The summed E-state index contributed by atoms with van der Waals surface area (Å²) in [6, 6.07) is 6.96. The summed E-state index contributed by atoms with van der Waals surface area (Å²) in [5.74, 6) is 0.358. The molecule has 110 valence electrons. The highest BCUT2D eigenvalue weighted by molar-refractivity contribution is 5.59. The zero-order valence-corrected chi connectivity index (χ0v) is 11.5. The number of hydrogen-bond donors (Lipinski definition) is 1. The van der Waals surface area contributed by atoms with Crippen LogP contribution in [0.4, 0.5) is 11.7 Å². The van der Waals surface area contributed by atoms with E-state index in [2.05, 4.69) is 15.5 Å². The molecule has 0 amide bonds. The second-order valence-electron chi connectivity index (χ2n) is 5.21. The molecule has 7 heteroatoms. The van der Waals surface area contributed by atoms with Crippen LogP contribution in [-0.2, 0) is 0 Å². The molecule has 1 heterocycles. The van der Waals surface area contributed by atoms with Crippen molar-refractivity contribution in [1.82, 2.24) is 10.1 Å². The number of aromatic nitrogens is 2. The number of hydrogen-bond acceptors (Lipinski definition) is 6. The van der Waals surface area contributed by atoms with E-state index in [0.717, 1.165) is 12.8 Å². The monoisotopic (exact) mass is 288 g/mol. The molecule has 1 aromatic heterocycles. The van der Waals surface area contributed by atoms with Crippen molar-refractivity contribution in [2.24, 2.45) is 0 Å². The van der Waals surface area contributed by atoms with Crippen LogP contribution in [-0.4, -0.2) is 21.1 Å². The van der Waals surface area contributed by atoms with E-state index in [4.69, 9.17) is 4.52 Å². The highest BCUT2D eigenvalue weighted by atomic mass is 16.6. The molecule has 0 atom stereocenters. The van der Waals surface area contributed by atoms with Gasteiger partial charge in [0, 0.05) is 23.7 Å². The van der Waals surface area contributed by atoms with Crippen molar-refractivity contribution in [2.75, 3.05) is 5.32 Å². The SMILES string of the molecule is O=[N+]([O-])c1cccc(-c2noc(NC3CCCCC3)n2)c1. The standard InChI is InChI=1S/C14H16N4O3/c19-18(20)12-8-4-5-10(9-12)13-16-14(21-17-13)15-11-6-2-1-3-7-11/h4-5,8-9,11H,1-3,6-7H2,(H,15,16,17). The fourth-order valence-corrected chi connectivity index (χ4v) is 2.58. The van der Waals surface area contributed by atoms with Crippen LogP contribution in [0.15, 0.2) is 28.8 Å². The third kappa shape index (κ3) is 3.18. The van der Waals surface area contributed by atoms with Crippen LogP contribution in [0.25, 0.3) is 11.4 Å². The molecule has 0 spiro atoms. The second kappa shape index (κ2) is 5.90. The minimum atomic E-state index is -0.440. The fraction of sp³-hybridized carbons (Fsp3) is 0.429. The Balaban J connectivity index is 1.75. The van der Waals surface area contributed by atoms with Crippen LogP contribution in [0, 0.1) is 10.1 Å². The van der Waals surface area contributed by atoms with E-state index in [9.17, 15) is 10.1 Å². The zero-order valence-electron chi connectivity index (χ0n) is 11.5. The van der Waals surface area contributed by atoms with E-state index < -0.39 is 4.92 Å². The van der Waals surface area contributed by atoms with Crippen molar-refractivity contribution in [3.05, 3.63) is 34.4 Å². The Kier molecular flexibility index (Phi) is 3.81. The van der Waals surface area contributed by atoms with Gasteiger partial charge < -0.3 is 9.84 Å². The van der Waals surface area contributed by atoms with Gasteiger partial charge in [-0.15, -0.1) is 0 Å². The van der Waals surface area contributed by atoms with Gasteiger partial charge in [0.2, 0.25) is 5.82 Å². The van der Waals surface area contributed by atoms with E-state index >= 15 is 0 Å². The first-order valence-electron chi connectivity index (χ1n) is 7.07. The van der Waals surface area contributed by atoms with Crippen molar-refractivity contribution in [2.45, 2.75) is 38.1 Å². The molecule has 1 aliphatic rings. The van der Waals surface area contributed by atoms with Crippen LogP contribution < -0.4 is 5.32 Å². The molecule has 7 nitrogen and oxygen atoms in total. The van der Waals surface area contributed by atoms with Gasteiger partial charge in [0.25, 0.3) is 5.69 Å². The molecule has 0 aliphatic heterocycles. The predicted octanol–water partition coefficient (Wildman–Crippen LogP) is 3.39. The summed E-state index contributed by atoms with van der Waals surface area (Å²) >= 11 is 0. The van der Waals surface area contributed by atoms with Crippen LogP contribution in [0.3, 0.4) is 0 Å². The minimum absolute atomic E-state index is 0.0130. The molecule has 3 rings (SSSR count). The van der Waals surface area contributed by atoms with E-state index in [1.54, 1.807) is 12.1 Å². The Labute approximate surface area is 121 Å². The summed E-state index contributed by atoms with van der Waals surface area (Å²) in [5, 5.41) is 17.9. The maximum atomic E-state index is 10.8. The van der Waals surface area contributed by atoms with Gasteiger partial charge >= 0.3 is 6.01 Å². The number of nitro benzene ring substituents is 1. The van der Waals surface area contributed by atoms with Crippen molar-refractivity contribution >= 4 is 11.7 Å². The average molecular weight is 288 g/mol. The summed E-state index contributed by atoms with van der Waals surface area (Å²) in [7, 11) is 0. The Morgan fingerprint density at radius 2 is 2.10 bits per heavy atom. The topological polar surface area (TPSA) is 94.1 Å². The van der Waals surface area contributed by atoms with Crippen molar-refractivity contribution in [3.8, 4) is 11.4 Å². The summed E-state index contributed by atoms with van der Waals surface area (Å²) in [4.78, 5) is 14.6. The minimum Gasteiger partial charge on any atom is -0.335 e. The molecule has 0 radical (unpaired) electrons. The number of non-ortho nitro benzene ring substituents is 1. The Hall–Kier alpha value is -2.44. The second-order valence-corrected chi connectivity index (χ2v) is 5.21. The van der Waals surface area contributed by atoms with Crippen molar-refractivity contribution in [3.63, 3.8) is 0 Å². The molecule has 0 saturated heterocycles. The molecule has 1 saturated carbocycles. The lowest BCUT2D eigenvalue weighted by Crippen LogP contribution is -2.22. The normalized spacial score (nSPS) is 15.8. The summed E-state index contributed by atoms with van der Waals surface area (Å²) in [6.45, 7) is 0. The number of anilines is 1. The third-order valence-electron chi connectivity index (χ3n) is 3.67. The molecule has 1 aliphatic carbocycles. The molecule has 1 N–H and O–H groups in total. The van der Waals surface area contributed by atoms with Gasteiger partial charge in [-0.05, 0) is 12.8 Å². The molecule has 1 fully saturated rings. The van der Waals surface area contributed by atoms with Crippen LogP contribution >= 0.6 is 0 Å². The Morgan fingerprint density at radius 1 is 1.29 bits per heavy atom. The third-order valence-corrected chi connectivity index (χ3v) is 3.67. The fourth-order valence-electron chi connectivity index (χ4n) is 2.58. The number of benzene rings is 1. The van der Waals surface area contributed by atoms with Crippen LogP contribution in [0.2, 0.25) is 0 Å². The highest BCUT2D eigenvalue weighted by Gasteiger charge is 2.17. The molecule has 0 unspecified atom stereocenters. The Bertz CT molecular complexity index is 635. The summed E-state index contributed by atoms with van der Waals surface area (Å²) in [6.07, 6.45) is 5.91. The van der Waals surface area contributed by atoms with Crippen LogP contribution in [0.1, 0.15) is 32.1 Å². The van der Waals surface area contributed by atoms with Gasteiger partial charge in [-0.3, -0.25) is 10.1 Å². The van der Waals surface area contributed by atoms with E-state index in [-0.39, 0.29) is 5.69 Å². The maximum Gasteiger partial charge on any atom is 0.322 e. The lowest BCUT2D eigenvalue weighted by atomic mass is 9.96. The van der Waals surface area contributed by atoms with E-state index in [1.807, 2.05) is 0 Å². The smallest absolute Gasteiger partial charge is 0.322 e. The molecular weight excluding hydrogens is 272 g/mol. The van der Waals surface area contributed by atoms with Crippen molar-refractivity contribution < 1.29 is 9.45 Å². The lowest BCUT2D eigenvalue weighted by molar-refractivity contribution is -0.384. The first kappa shape index (κ1) is 13.5. The quantitative estimate of drug-likeness (QED) is 0.684. The number of nitrogens with one attached hydrogen (secondary N) is 1. The molecule has 0 bridgehead atoms. The van der Waals surface area contributed by atoms with Gasteiger partial charge in [-0.2, -0.15) is 4.98 Å². The first-order valence-corrected chi connectivity index (χ1v) is 7.07. The molecule has 2 aromatic rings. The maximum absolute atomic E-state index is 10.8. The number of nitro groups is 1. The summed E-state index contributed by atoms with van der Waals surface area (Å²) < 4.78 is 5.18. The van der Waals surface area contributed by atoms with Gasteiger partial charge in [0.05, 0.1) is 4.92 Å². The molecule has 1 aromatic carbocycles. The predicted molar refractivity (Wildman–Crippen MR) is 76.9 cm³/mol. The lowest BCUT2D eigenvalue weighted by Gasteiger charge is -2.21.